The van der Waals surface area contributed by atoms with Crippen molar-refractivity contribution in [2.24, 2.45) is 11.3 Å². The van der Waals surface area contributed by atoms with Crippen molar-refractivity contribution >= 4 is 5.91 Å². The van der Waals surface area contributed by atoms with Gasteiger partial charge in [0.25, 0.3) is 0 Å². The molecule has 1 amide bonds. The summed E-state index contributed by atoms with van der Waals surface area (Å²) in [5.74, 6) is 0.568. The summed E-state index contributed by atoms with van der Waals surface area (Å²) >= 11 is 0. The molecule has 0 aliphatic rings. The molecule has 178 valence electrons. The third kappa shape index (κ3) is 9.21. The highest BCUT2D eigenvalue weighted by Crippen LogP contribution is 2.34. The number of allylic oxidation sites excluding steroid dienone is 1. The van der Waals surface area contributed by atoms with E-state index < -0.39 is 0 Å². The van der Waals surface area contributed by atoms with Crippen LogP contribution in [0.4, 0.5) is 0 Å². The summed E-state index contributed by atoms with van der Waals surface area (Å²) < 4.78 is 0. The zero-order chi connectivity index (χ0) is 23.8. The lowest BCUT2D eigenvalue weighted by Gasteiger charge is -2.33. The minimum Gasteiger partial charge on any atom is -0.353 e. The Hall–Kier alpha value is -1.57. The van der Waals surface area contributed by atoms with Gasteiger partial charge in [-0.2, -0.15) is 0 Å². The molecule has 0 radical (unpaired) electrons. The highest BCUT2D eigenvalue weighted by molar-refractivity contribution is 5.80. The number of benzene rings is 1. The van der Waals surface area contributed by atoms with Gasteiger partial charge in [-0.25, -0.2) is 0 Å². The van der Waals surface area contributed by atoms with Gasteiger partial charge < -0.3 is 5.32 Å². The third-order valence-electron chi connectivity index (χ3n) is 6.62. The first-order chi connectivity index (χ1) is 14.3. The minimum absolute atomic E-state index is 0. The molecule has 2 nitrogen and oxygen atoms in total. The Balaban J connectivity index is 0.00000961. The predicted molar refractivity (Wildman–Crippen MR) is 139 cm³/mol. The highest BCUT2D eigenvalue weighted by Gasteiger charge is 2.34. The molecule has 0 aromatic heterocycles. The van der Waals surface area contributed by atoms with Gasteiger partial charge in [-0.15, -0.1) is 0 Å². The van der Waals surface area contributed by atoms with Crippen LogP contribution in [0.5, 0.6) is 0 Å². The molecule has 0 saturated carbocycles. The quantitative estimate of drug-likeness (QED) is 0.332. The molecule has 1 aromatic carbocycles. The van der Waals surface area contributed by atoms with Crippen molar-refractivity contribution in [3.63, 3.8) is 0 Å². The van der Waals surface area contributed by atoms with E-state index in [1.54, 1.807) is 0 Å². The first kappa shape index (κ1) is 27.5. The van der Waals surface area contributed by atoms with Crippen molar-refractivity contribution in [2.75, 3.05) is 0 Å². The van der Waals surface area contributed by atoms with E-state index in [0.717, 1.165) is 38.5 Å². The molecule has 0 fully saturated rings. The summed E-state index contributed by atoms with van der Waals surface area (Å²) in [4.78, 5) is 13.2. The molecule has 2 atom stereocenters. The SMILES string of the molecule is C=C(CCCC(CCC)NC(=O)[C@H](C)C(C)(C)c1cccc(C(C)C)c1)CC(C)(C)C.[HH]. The Kier molecular flexibility index (Phi) is 10.5. The third-order valence-corrected chi connectivity index (χ3v) is 6.62. The normalized spacial score (nSPS) is 14.4. The summed E-state index contributed by atoms with van der Waals surface area (Å²) in [6.45, 7) is 24.2. The second kappa shape index (κ2) is 11.9. The molecule has 0 spiro atoms. The molecule has 1 rings (SSSR count). The van der Waals surface area contributed by atoms with Crippen LogP contribution < -0.4 is 5.32 Å². The molecule has 0 bridgehead atoms. The zero-order valence-corrected chi connectivity index (χ0v) is 21.9. The van der Waals surface area contributed by atoms with Crippen molar-refractivity contribution in [3.8, 4) is 0 Å². The summed E-state index contributed by atoms with van der Waals surface area (Å²) in [6.07, 6.45) is 6.36. The van der Waals surface area contributed by atoms with Gasteiger partial charge in [0.2, 0.25) is 5.91 Å². The number of carbonyl (C=O) groups is 1. The fourth-order valence-corrected chi connectivity index (χ4v) is 4.28. The molecule has 1 unspecified atom stereocenters. The van der Waals surface area contributed by atoms with Gasteiger partial charge >= 0.3 is 0 Å². The number of rotatable bonds is 12. The molecule has 1 N–H and O–H groups in total. The number of nitrogens with one attached hydrogen (secondary N) is 1. The molecule has 0 aliphatic carbocycles. The maximum atomic E-state index is 13.2. The van der Waals surface area contributed by atoms with Crippen molar-refractivity contribution < 1.29 is 6.22 Å². The fraction of sp³-hybridized carbons (Fsp3) is 0.690. The van der Waals surface area contributed by atoms with Crippen LogP contribution in [-0.4, -0.2) is 11.9 Å². The predicted octanol–water partition coefficient (Wildman–Crippen LogP) is 8.42. The van der Waals surface area contributed by atoms with Gasteiger partial charge in [-0.3, -0.25) is 4.79 Å². The first-order valence-electron chi connectivity index (χ1n) is 12.4. The molecular weight excluding hydrogens is 378 g/mol. The molecule has 0 heterocycles. The van der Waals surface area contributed by atoms with Crippen LogP contribution in [0.15, 0.2) is 36.4 Å². The van der Waals surface area contributed by atoms with E-state index in [1.165, 1.54) is 16.7 Å². The Bertz CT molecular complexity index is 714. The van der Waals surface area contributed by atoms with E-state index in [9.17, 15) is 4.79 Å². The lowest BCUT2D eigenvalue weighted by atomic mass is 9.73. The first-order valence-corrected chi connectivity index (χ1v) is 12.4. The van der Waals surface area contributed by atoms with Crippen molar-refractivity contribution in [2.45, 2.75) is 118 Å². The van der Waals surface area contributed by atoms with Gasteiger partial charge in [0.15, 0.2) is 0 Å². The monoisotopic (exact) mass is 429 g/mol. The number of hydrogen-bond donors (Lipinski definition) is 1. The molecule has 1 aromatic rings. The number of carbonyl (C=O) groups excluding carboxylic acids is 1. The van der Waals surface area contributed by atoms with Crippen LogP contribution in [0.25, 0.3) is 0 Å². The van der Waals surface area contributed by atoms with E-state index in [4.69, 9.17) is 0 Å². The molecule has 31 heavy (non-hydrogen) atoms. The zero-order valence-electron chi connectivity index (χ0n) is 21.9. The summed E-state index contributed by atoms with van der Waals surface area (Å²) in [6, 6.07) is 9.00. The van der Waals surface area contributed by atoms with Crippen LogP contribution in [0, 0.1) is 11.3 Å². The topological polar surface area (TPSA) is 29.1 Å². The van der Waals surface area contributed by atoms with E-state index in [-0.39, 0.29) is 24.7 Å². The lowest BCUT2D eigenvalue weighted by Crippen LogP contribution is -2.44. The van der Waals surface area contributed by atoms with Crippen LogP contribution in [0.3, 0.4) is 0 Å². The average molecular weight is 430 g/mol. The fourth-order valence-electron chi connectivity index (χ4n) is 4.28. The van der Waals surface area contributed by atoms with E-state index >= 15 is 0 Å². The van der Waals surface area contributed by atoms with Gasteiger partial charge in [0.1, 0.15) is 0 Å². The average Bonchev–Trinajstić information content (AvgIpc) is 2.66. The van der Waals surface area contributed by atoms with Crippen LogP contribution in [-0.2, 0) is 10.2 Å². The highest BCUT2D eigenvalue weighted by atomic mass is 16.2. The summed E-state index contributed by atoms with van der Waals surface area (Å²) in [5, 5.41) is 3.38. The molecule has 0 aliphatic heterocycles. The van der Waals surface area contributed by atoms with Gasteiger partial charge in [-0.1, -0.05) is 105 Å². The summed E-state index contributed by atoms with van der Waals surface area (Å²) in [5.41, 5.74) is 3.98. The van der Waals surface area contributed by atoms with Crippen LogP contribution >= 0.6 is 0 Å². The van der Waals surface area contributed by atoms with Crippen LogP contribution in [0.1, 0.15) is 119 Å². The maximum Gasteiger partial charge on any atom is 0.223 e. The maximum absolute atomic E-state index is 13.2. The van der Waals surface area contributed by atoms with Crippen molar-refractivity contribution in [1.82, 2.24) is 5.32 Å². The minimum atomic E-state index is -0.216. The van der Waals surface area contributed by atoms with Crippen molar-refractivity contribution in [1.29, 1.82) is 0 Å². The lowest BCUT2D eigenvalue weighted by molar-refractivity contribution is -0.127. The smallest absolute Gasteiger partial charge is 0.223 e. The molecule has 2 heteroatoms. The standard InChI is InChI=1S/C29H49NO.H2/c1-11-14-26(18-12-15-22(4)20-28(6,7)8)30-27(31)23(5)29(9,10)25-17-13-16-24(19-25)21(2)3;/h13,16-17,19,21,23,26H,4,11-12,14-15,18,20H2,1-3,5-10H3,(H,30,31);1H/t23-,26?;/m0./s1. The Labute approximate surface area is 194 Å². The van der Waals surface area contributed by atoms with Gasteiger partial charge in [0, 0.05) is 18.8 Å². The Morgan fingerprint density at radius 1 is 1.10 bits per heavy atom. The van der Waals surface area contributed by atoms with Gasteiger partial charge in [0.05, 0.1) is 0 Å². The van der Waals surface area contributed by atoms with E-state index in [2.05, 4.69) is 98.5 Å². The Morgan fingerprint density at radius 3 is 2.29 bits per heavy atom. The molecular formula is C29H51NO. The second-order valence-electron chi connectivity index (χ2n) is 11.6. The van der Waals surface area contributed by atoms with E-state index in [0.29, 0.717) is 11.3 Å². The second-order valence-corrected chi connectivity index (χ2v) is 11.6. The number of amides is 1. The van der Waals surface area contributed by atoms with Crippen LogP contribution in [0.2, 0.25) is 0 Å². The Morgan fingerprint density at radius 2 is 1.74 bits per heavy atom. The number of hydrogen-bond acceptors (Lipinski definition) is 1. The van der Waals surface area contributed by atoms with Gasteiger partial charge in [-0.05, 0) is 54.6 Å². The summed E-state index contributed by atoms with van der Waals surface area (Å²) in [7, 11) is 0. The van der Waals surface area contributed by atoms with Crippen molar-refractivity contribution in [3.05, 3.63) is 47.5 Å². The molecule has 0 saturated heterocycles. The van der Waals surface area contributed by atoms with E-state index in [1.807, 2.05) is 0 Å². The largest absolute Gasteiger partial charge is 0.353 e.